The van der Waals surface area contributed by atoms with E-state index in [9.17, 15) is 30.8 Å². The van der Waals surface area contributed by atoms with Crippen LogP contribution in [-0.4, -0.2) is 30.8 Å². The molecule has 0 unspecified atom stereocenters. The average molecular weight is 556 g/mol. The van der Waals surface area contributed by atoms with Crippen LogP contribution in [0.25, 0.3) is 0 Å². The highest BCUT2D eigenvalue weighted by Gasteiger charge is 2.43. The fourth-order valence-electron chi connectivity index (χ4n) is 3.96. The standard InChI is InChI=1S/C25H22F5N3O4S/c1-12-10-16(24(3)8-9-24)18(26)19(27)20(12)37-23-17(13(2)21(32-33-23)25(28,29)30)22(34)31-14-6-5-7-15(11-14)38(4,35)36/h5-7,10-11H,8-9H2,1-4H3,(H,31,34). The predicted molar refractivity (Wildman–Crippen MR) is 127 cm³/mol. The molecular formula is C25H22F5N3O4S. The molecule has 1 aliphatic carbocycles. The van der Waals surface area contributed by atoms with E-state index in [0.717, 1.165) is 19.2 Å². The summed E-state index contributed by atoms with van der Waals surface area (Å²) in [4.78, 5) is 13.0. The van der Waals surface area contributed by atoms with Crippen LogP contribution >= 0.6 is 0 Å². The Bertz CT molecular complexity index is 1570. The van der Waals surface area contributed by atoms with Gasteiger partial charge in [-0.2, -0.15) is 17.6 Å². The molecule has 202 valence electrons. The maximum Gasteiger partial charge on any atom is 0.435 e. The molecule has 0 atom stereocenters. The monoisotopic (exact) mass is 555 g/mol. The summed E-state index contributed by atoms with van der Waals surface area (Å²) in [5.41, 5.74) is -3.19. The third-order valence-electron chi connectivity index (χ3n) is 6.40. The van der Waals surface area contributed by atoms with E-state index < -0.39 is 67.4 Å². The zero-order valence-corrected chi connectivity index (χ0v) is 21.4. The maximum atomic E-state index is 15.1. The number of sulfone groups is 1. The Labute approximate surface area is 215 Å². The van der Waals surface area contributed by atoms with E-state index in [4.69, 9.17) is 4.74 Å². The average Bonchev–Trinajstić information content (AvgIpc) is 3.56. The third-order valence-corrected chi connectivity index (χ3v) is 7.51. The van der Waals surface area contributed by atoms with Crippen molar-refractivity contribution in [1.82, 2.24) is 10.2 Å². The number of aryl methyl sites for hydroxylation is 1. The Morgan fingerprint density at radius 3 is 2.32 bits per heavy atom. The molecule has 1 amide bonds. The first-order valence-corrected chi connectivity index (χ1v) is 13.1. The molecule has 0 bridgehead atoms. The van der Waals surface area contributed by atoms with Crippen LogP contribution in [0.3, 0.4) is 0 Å². The van der Waals surface area contributed by atoms with Crippen molar-refractivity contribution in [3.8, 4) is 11.6 Å². The number of hydrogen-bond acceptors (Lipinski definition) is 6. The minimum atomic E-state index is -4.99. The summed E-state index contributed by atoms with van der Waals surface area (Å²) in [5.74, 6) is -5.15. The number of anilines is 1. The molecule has 7 nitrogen and oxygen atoms in total. The molecule has 0 saturated heterocycles. The van der Waals surface area contributed by atoms with Crippen molar-refractivity contribution >= 4 is 21.4 Å². The predicted octanol–water partition coefficient (Wildman–Crippen LogP) is 5.89. The van der Waals surface area contributed by atoms with Gasteiger partial charge in [-0.1, -0.05) is 13.0 Å². The number of nitrogens with zero attached hydrogens (tertiary/aromatic N) is 2. The van der Waals surface area contributed by atoms with Crippen molar-refractivity contribution in [3.05, 3.63) is 69.9 Å². The number of halogens is 5. The van der Waals surface area contributed by atoms with E-state index in [-0.39, 0.29) is 21.7 Å². The molecule has 1 heterocycles. The van der Waals surface area contributed by atoms with Gasteiger partial charge in [-0.25, -0.2) is 12.8 Å². The Morgan fingerprint density at radius 2 is 1.74 bits per heavy atom. The number of hydrogen-bond donors (Lipinski definition) is 1. The van der Waals surface area contributed by atoms with E-state index >= 15 is 4.39 Å². The van der Waals surface area contributed by atoms with Gasteiger partial charge in [-0.15, -0.1) is 10.2 Å². The largest absolute Gasteiger partial charge is 0.435 e. The van der Waals surface area contributed by atoms with Crippen LogP contribution in [0.4, 0.5) is 27.6 Å². The molecule has 2 aromatic carbocycles. The molecule has 1 aliphatic rings. The van der Waals surface area contributed by atoms with Crippen molar-refractivity contribution in [2.24, 2.45) is 0 Å². The molecule has 0 radical (unpaired) electrons. The normalized spacial score (nSPS) is 14.8. The molecule has 1 N–H and O–H groups in total. The number of rotatable bonds is 6. The molecule has 3 aromatic rings. The lowest BCUT2D eigenvalue weighted by Crippen LogP contribution is -2.21. The van der Waals surface area contributed by atoms with Crippen LogP contribution in [0.15, 0.2) is 35.2 Å². The molecule has 1 aromatic heterocycles. The second-order valence-electron chi connectivity index (χ2n) is 9.47. The highest BCUT2D eigenvalue weighted by atomic mass is 32.2. The first-order chi connectivity index (χ1) is 17.5. The minimum Gasteiger partial charge on any atom is -0.433 e. The van der Waals surface area contributed by atoms with Gasteiger partial charge >= 0.3 is 6.18 Å². The molecular weight excluding hydrogens is 533 g/mol. The van der Waals surface area contributed by atoms with Crippen molar-refractivity contribution in [3.63, 3.8) is 0 Å². The van der Waals surface area contributed by atoms with Crippen molar-refractivity contribution in [2.75, 3.05) is 11.6 Å². The molecule has 1 fully saturated rings. The van der Waals surface area contributed by atoms with Crippen LogP contribution < -0.4 is 10.1 Å². The second-order valence-corrected chi connectivity index (χ2v) is 11.5. The van der Waals surface area contributed by atoms with Crippen molar-refractivity contribution in [1.29, 1.82) is 0 Å². The Morgan fingerprint density at radius 1 is 1.08 bits per heavy atom. The van der Waals surface area contributed by atoms with Gasteiger partial charge in [0.15, 0.2) is 27.1 Å². The second kappa shape index (κ2) is 9.29. The Balaban J connectivity index is 1.80. The van der Waals surface area contributed by atoms with E-state index in [2.05, 4.69) is 15.5 Å². The summed E-state index contributed by atoms with van der Waals surface area (Å²) >= 11 is 0. The highest BCUT2D eigenvalue weighted by Crippen LogP contribution is 2.50. The van der Waals surface area contributed by atoms with E-state index in [1.54, 1.807) is 6.92 Å². The van der Waals surface area contributed by atoms with Gasteiger partial charge in [0, 0.05) is 11.9 Å². The van der Waals surface area contributed by atoms with Gasteiger partial charge in [-0.3, -0.25) is 4.79 Å². The summed E-state index contributed by atoms with van der Waals surface area (Å²) in [7, 11) is -3.66. The summed E-state index contributed by atoms with van der Waals surface area (Å²) in [6.07, 6.45) is -2.72. The van der Waals surface area contributed by atoms with E-state index in [1.807, 2.05) is 0 Å². The van der Waals surface area contributed by atoms with Crippen LogP contribution in [0.1, 0.15) is 52.5 Å². The van der Waals surface area contributed by atoms with Gasteiger partial charge in [0.2, 0.25) is 5.82 Å². The topological polar surface area (TPSA) is 98.2 Å². The first kappa shape index (κ1) is 27.4. The number of alkyl halides is 3. The quantitative estimate of drug-likeness (QED) is 0.381. The van der Waals surface area contributed by atoms with Gasteiger partial charge in [-0.05, 0) is 73.1 Å². The zero-order chi connectivity index (χ0) is 28.2. The van der Waals surface area contributed by atoms with Gasteiger partial charge in [0.25, 0.3) is 11.8 Å². The number of benzene rings is 2. The zero-order valence-electron chi connectivity index (χ0n) is 20.6. The lowest BCUT2D eigenvalue weighted by molar-refractivity contribution is -0.142. The van der Waals surface area contributed by atoms with Gasteiger partial charge < -0.3 is 10.1 Å². The van der Waals surface area contributed by atoms with Crippen molar-refractivity contribution < 1.29 is 39.9 Å². The van der Waals surface area contributed by atoms with Crippen LogP contribution in [0, 0.1) is 25.5 Å². The van der Waals surface area contributed by atoms with Crippen molar-refractivity contribution in [2.45, 2.75) is 50.1 Å². The molecule has 0 aliphatic heterocycles. The fourth-order valence-corrected chi connectivity index (χ4v) is 4.63. The number of nitrogens with one attached hydrogen (secondary N) is 1. The van der Waals surface area contributed by atoms with Crippen LogP contribution in [-0.2, 0) is 21.4 Å². The van der Waals surface area contributed by atoms with Gasteiger partial charge in [0.05, 0.1) is 4.90 Å². The molecule has 38 heavy (non-hydrogen) atoms. The molecule has 1 saturated carbocycles. The first-order valence-electron chi connectivity index (χ1n) is 11.3. The highest BCUT2D eigenvalue weighted by molar-refractivity contribution is 7.90. The fraction of sp³-hybridized carbons (Fsp3) is 0.320. The van der Waals surface area contributed by atoms with E-state index in [0.29, 0.717) is 12.8 Å². The smallest absolute Gasteiger partial charge is 0.433 e. The van der Waals surface area contributed by atoms with Gasteiger partial charge in [0.1, 0.15) is 5.56 Å². The lowest BCUT2D eigenvalue weighted by Gasteiger charge is -2.19. The summed E-state index contributed by atoms with van der Waals surface area (Å²) in [6.45, 7) is 4.15. The molecule has 0 spiro atoms. The minimum absolute atomic E-state index is 0.0518. The van der Waals surface area contributed by atoms with Crippen LogP contribution in [0.2, 0.25) is 0 Å². The summed E-state index contributed by atoms with van der Waals surface area (Å²) < 4.78 is 99.7. The Kier molecular flexibility index (Phi) is 6.71. The number of aromatic nitrogens is 2. The third kappa shape index (κ3) is 5.19. The maximum absolute atomic E-state index is 15.1. The molecule has 13 heteroatoms. The Hall–Kier alpha value is -3.61. The number of amides is 1. The number of carbonyl (C=O) groups is 1. The molecule has 4 rings (SSSR count). The lowest BCUT2D eigenvalue weighted by atomic mass is 9.95. The SMILES string of the molecule is Cc1cc(C2(C)CC2)c(F)c(F)c1Oc1nnc(C(F)(F)F)c(C)c1C(=O)Nc1cccc(S(C)(=O)=O)c1. The van der Waals surface area contributed by atoms with E-state index in [1.165, 1.54) is 31.2 Å². The number of carbonyl (C=O) groups excluding carboxylic acids is 1. The summed E-state index contributed by atoms with van der Waals surface area (Å²) in [5, 5.41) is 8.80. The summed E-state index contributed by atoms with van der Waals surface area (Å²) in [6, 6.07) is 6.41. The number of ether oxygens (including phenoxy) is 1. The van der Waals surface area contributed by atoms with Crippen LogP contribution in [0.5, 0.6) is 11.6 Å².